The molecule has 0 fully saturated rings. The number of anilines is 1. The molecule has 1 rings (SSSR count). The Morgan fingerprint density at radius 1 is 1.16 bits per heavy atom. The number of hydrogen-bond donors (Lipinski definition) is 4. The van der Waals surface area contributed by atoms with Crippen molar-refractivity contribution in [1.82, 2.24) is 10.6 Å². The van der Waals surface area contributed by atoms with E-state index in [0.717, 1.165) is 5.56 Å². The number of benzene rings is 1. The summed E-state index contributed by atoms with van der Waals surface area (Å²) < 4.78 is 0. The van der Waals surface area contributed by atoms with Crippen LogP contribution >= 0.6 is 12.4 Å². The minimum atomic E-state index is -0.652. The minimum Gasteiger partial charge on any atom is -0.352 e. The van der Waals surface area contributed by atoms with Gasteiger partial charge in [-0.2, -0.15) is 0 Å². The van der Waals surface area contributed by atoms with Crippen molar-refractivity contribution in [1.29, 1.82) is 0 Å². The Bertz CT molecular complexity index is 620. The summed E-state index contributed by atoms with van der Waals surface area (Å²) in [6.07, 6.45) is 0. The number of aryl methyl sites for hydroxylation is 1. The van der Waals surface area contributed by atoms with Crippen LogP contribution in [0.5, 0.6) is 0 Å². The first-order valence-electron chi connectivity index (χ1n) is 7.98. The zero-order chi connectivity index (χ0) is 18.3. The van der Waals surface area contributed by atoms with Crippen molar-refractivity contribution < 1.29 is 14.4 Å². The molecule has 5 N–H and O–H groups in total. The van der Waals surface area contributed by atoms with Gasteiger partial charge in [-0.15, -0.1) is 12.4 Å². The second kappa shape index (κ2) is 10.7. The van der Waals surface area contributed by atoms with Crippen molar-refractivity contribution in [2.24, 2.45) is 11.7 Å². The molecule has 1 aromatic carbocycles. The van der Waals surface area contributed by atoms with Crippen LogP contribution in [0.25, 0.3) is 0 Å². The fourth-order valence-electron chi connectivity index (χ4n) is 1.94. The Hall–Kier alpha value is -2.12. The molecular formula is C17H27ClN4O3. The molecule has 0 aliphatic carbocycles. The lowest BCUT2D eigenvalue weighted by atomic mass is 10.1. The lowest BCUT2D eigenvalue weighted by Crippen LogP contribution is -2.46. The van der Waals surface area contributed by atoms with E-state index in [1.807, 2.05) is 27.7 Å². The minimum absolute atomic E-state index is 0. The number of nitrogens with two attached hydrogens (primary N) is 1. The Kier molecular flexibility index (Phi) is 9.78. The highest BCUT2D eigenvalue weighted by atomic mass is 35.5. The summed E-state index contributed by atoms with van der Waals surface area (Å²) >= 11 is 0. The van der Waals surface area contributed by atoms with Crippen LogP contribution in [0.1, 0.15) is 36.7 Å². The van der Waals surface area contributed by atoms with Crippen LogP contribution in [-0.2, 0) is 9.59 Å². The molecule has 1 atom stereocenters. The molecule has 0 spiro atoms. The van der Waals surface area contributed by atoms with Crippen LogP contribution < -0.4 is 21.7 Å². The fourth-order valence-corrected chi connectivity index (χ4v) is 1.94. The maximum Gasteiger partial charge on any atom is 0.251 e. The molecule has 3 amide bonds. The van der Waals surface area contributed by atoms with Gasteiger partial charge in [0.1, 0.15) is 0 Å². The standard InChI is InChI=1S/C17H26N4O3.ClH/c1-5-19-16(23)12-7-6-11(4)13(8-12)21-14(22)9-20-17(24)15(18)10(2)3;/h6-8,10,15H,5,9,18H2,1-4H3,(H,19,23)(H,20,24)(H,21,22);1H/t15-;/m0./s1. The number of carbonyl (C=O) groups is 3. The smallest absolute Gasteiger partial charge is 0.251 e. The summed E-state index contributed by atoms with van der Waals surface area (Å²) in [6.45, 7) is 7.67. The molecule has 0 aliphatic heterocycles. The summed E-state index contributed by atoms with van der Waals surface area (Å²) in [5, 5.41) is 7.90. The van der Waals surface area contributed by atoms with Crippen LogP contribution in [0.4, 0.5) is 5.69 Å². The van der Waals surface area contributed by atoms with Gasteiger partial charge in [0, 0.05) is 17.8 Å². The molecule has 0 aromatic heterocycles. The molecule has 0 aliphatic rings. The van der Waals surface area contributed by atoms with Gasteiger partial charge in [-0.05, 0) is 37.5 Å². The van der Waals surface area contributed by atoms with Crippen molar-refractivity contribution in [3.63, 3.8) is 0 Å². The maximum atomic E-state index is 12.0. The number of nitrogens with one attached hydrogen (secondary N) is 3. The van der Waals surface area contributed by atoms with Crippen molar-refractivity contribution >= 4 is 35.8 Å². The highest BCUT2D eigenvalue weighted by molar-refractivity contribution is 5.99. The molecule has 0 saturated carbocycles. The topological polar surface area (TPSA) is 113 Å². The fraction of sp³-hybridized carbons (Fsp3) is 0.471. The number of rotatable bonds is 7. The molecule has 1 aromatic rings. The zero-order valence-corrected chi connectivity index (χ0v) is 15.8. The number of carbonyl (C=O) groups excluding carboxylic acids is 3. The average molecular weight is 371 g/mol. The van der Waals surface area contributed by atoms with Crippen molar-refractivity contribution in [3.8, 4) is 0 Å². The maximum absolute atomic E-state index is 12.0. The normalized spacial score (nSPS) is 11.3. The van der Waals surface area contributed by atoms with Gasteiger partial charge < -0.3 is 21.7 Å². The van der Waals surface area contributed by atoms with Crippen LogP contribution in [0.2, 0.25) is 0 Å². The van der Waals surface area contributed by atoms with Gasteiger partial charge in [-0.3, -0.25) is 14.4 Å². The molecule has 0 unspecified atom stereocenters. The van der Waals surface area contributed by atoms with E-state index < -0.39 is 6.04 Å². The van der Waals surface area contributed by atoms with Crippen molar-refractivity contribution in [2.75, 3.05) is 18.4 Å². The molecule has 8 heteroatoms. The van der Waals surface area contributed by atoms with Crippen molar-refractivity contribution in [2.45, 2.75) is 33.7 Å². The summed E-state index contributed by atoms with van der Waals surface area (Å²) in [4.78, 5) is 35.6. The van der Waals surface area contributed by atoms with E-state index in [4.69, 9.17) is 5.73 Å². The van der Waals surface area contributed by atoms with E-state index >= 15 is 0 Å². The Labute approximate surface area is 154 Å². The van der Waals surface area contributed by atoms with E-state index in [-0.39, 0.29) is 42.6 Å². The number of hydrogen-bond acceptors (Lipinski definition) is 4. The molecule has 140 valence electrons. The van der Waals surface area contributed by atoms with Gasteiger partial charge in [0.05, 0.1) is 12.6 Å². The van der Waals surface area contributed by atoms with E-state index in [1.54, 1.807) is 18.2 Å². The number of halogens is 1. The number of amides is 3. The van der Waals surface area contributed by atoms with E-state index in [9.17, 15) is 14.4 Å². The molecule has 0 saturated heterocycles. The highest BCUT2D eigenvalue weighted by Gasteiger charge is 2.18. The van der Waals surface area contributed by atoms with Crippen LogP contribution in [0, 0.1) is 12.8 Å². The zero-order valence-electron chi connectivity index (χ0n) is 15.0. The third-order valence-electron chi connectivity index (χ3n) is 3.56. The quantitative estimate of drug-likeness (QED) is 0.577. The van der Waals surface area contributed by atoms with Crippen LogP contribution in [-0.4, -0.2) is 36.9 Å². The molecular weight excluding hydrogens is 344 g/mol. The second-order valence-electron chi connectivity index (χ2n) is 5.92. The Morgan fingerprint density at radius 2 is 1.80 bits per heavy atom. The molecule has 7 nitrogen and oxygen atoms in total. The third kappa shape index (κ3) is 7.11. The van der Waals surface area contributed by atoms with E-state index in [2.05, 4.69) is 16.0 Å². The Morgan fingerprint density at radius 3 is 2.36 bits per heavy atom. The first kappa shape index (κ1) is 22.9. The lowest BCUT2D eigenvalue weighted by Gasteiger charge is -2.15. The highest BCUT2D eigenvalue weighted by Crippen LogP contribution is 2.16. The van der Waals surface area contributed by atoms with E-state index in [1.165, 1.54) is 0 Å². The molecule has 0 bridgehead atoms. The summed E-state index contributed by atoms with van der Waals surface area (Å²) in [7, 11) is 0. The third-order valence-corrected chi connectivity index (χ3v) is 3.56. The first-order valence-corrected chi connectivity index (χ1v) is 7.98. The van der Waals surface area contributed by atoms with Crippen molar-refractivity contribution in [3.05, 3.63) is 29.3 Å². The predicted octanol–water partition coefficient (Wildman–Crippen LogP) is 1.20. The summed E-state index contributed by atoms with van der Waals surface area (Å²) in [5.74, 6) is -0.961. The predicted molar refractivity (Wildman–Crippen MR) is 101 cm³/mol. The largest absolute Gasteiger partial charge is 0.352 e. The van der Waals surface area contributed by atoms with Gasteiger partial charge >= 0.3 is 0 Å². The van der Waals surface area contributed by atoms with Gasteiger partial charge in [0.25, 0.3) is 5.91 Å². The molecule has 0 heterocycles. The van der Waals surface area contributed by atoms with Gasteiger partial charge in [-0.1, -0.05) is 19.9 Å². The second-order valence-corrected chi connectivity index (χ2v) is 5.92. The van der Waals surface area contributed by atoms with Gasteiger partial charge in [0.2, 0.25) is 11.8 Å². The molecule has 0 radical (unpaired) electrons. The SMILES string of the molecule is CCNC(=O)c1ccc(C)c(NC(=O)CNC(=O)[C@@H](N)C(C)C)c1.Cl. The average Bonchev–Trinajstić information content (AvgIpc) is 2.53. The van der Waals surface area contributed by atoms with Gasteiger partial charge in [-0.25, -0.2) is 0 Å². The lowest BCUT2D eigenvalue weighted by molar-refractivity contribution is -0.125. The molecule has 25 heavy (non-hydrogen) atoms. The monoisotopic (exact) mass is 370 g/mol. The van der Waals surface area contributed by atoms with Crippen LogP contribution in [0.15, 0.2) is 18.2 Å². The Balaban J connectivity index is 0.00000576. The van der Waals surface area contributed by atoms with Crippen LogP contribution in [0.3, 0.4) is 0 Å². The first-order chi connectivity index (χ1) is 11.3. The summed E-state index contributed by atoms with van der Waals surface area (Å²) in [5.41, 5.74) is 7.53. The van der Waals surface area contributed by atoms with E-state index in [0.29, 0.717) is 17.8 Å². The summed E-state index contributed by atoms with van der Waals surface area (Å²) in [6, 6.07) is 4.41. The van der Waals surface area contributed by atoms with Gasteiger partial charge in [0.15, 0.2) is 0 Å².